The molecule has 2 atom stereocenters. The molecular weight excluding hydrogens is 307 g/mol. The lowest BCUT2D eigenvalue weighted by Crippen LogP contribution is -2.50. The summed E-state index contributed by atoms with van der Waals surface area (Å²) in [5, 5.41) is 4.34. The first-order valence-corrected chi connectivity index (χ1v) is 8.80. The predicted octanol–water partition coefficient (Wildman–Crippen LogP) is 3.31. The number of amides is 1. The number of halogens is 1. The van der Waals surface area contributed by atoms with Crippen molar-refractivity contribution in [1.82, 2.24) is 10.2 Å². The Balaban J connectivity index is 1.34. The van der Waals surface area contributed by atoms with Gasteiger partial charge in [-0.15, -0.1) is 0 Å². The zero-order chi connectivity index (χ0) is 16.7. The van der Waals surface area contributed by atoms with Crippen molar-refractivity contribution in [1.29, 1.82) is 0 Å². The van der Waals surface area contributed by atoms with Crippen molar-refractivity contribution in [2.75, 3.05) is 13.1 Å². The quantitative estimate of drug-likeness (QED) is 0.935. The summed E-state index contributed by atoms with van der Waals surface area (Å²) in [4.78, 5) is 14.2. The molecule has 5 heteroatoms. The smallest absolute Gasteiger partial charge is 0.225 e. The molecule has 0 radical (unpaired) electrons. The fourth-order valence-corrected chi connectivity index (χ4v) is 3.63. The van der Waals surface area contributed by atoms with Crippen LogP contribution in [0.5, 0.6) is 0 Å². The van der Waals surface area contributed by atoms with Crippen LogP contribution in [0.1, 0.15) is 31.9 Å². The molecule has 2 aliphatic rings. The standard InChI is InChI=1S/C19H23FN2O2/c1-12-11-22(19(23)13-2-3-13)7-6-17(12)21-10-16-9-14-8-15(20)4-5-18(14)24-16/h4-5,8-9,12-13,17,21H,2-3,6-7,10-11H2,1H3/t12-,17+/m1/s1. The second-order valence-corrected chi connectivity index (χ2v) is 7.21. The summed E-state index contributed by atoms with van der Waals surface area (Å²) in [7, 11) is 0. The first-order chi connectivity index (χ1) is 11.6. The fraction of sp³-hybridized carbons (Fsp3) is 0.526. The Morgan fingerprint density at radius 3 is 2.92 bits per heavy atom. The molecule has 128 valence electrons. The molecule has 0 bridgehead atoms. The van der Waals surface area contributed by atoms with Gasteiger partial charge >= 0.3 is 0 Å². The molecule has 1 aromatic carbocycles. The van der Waals surface area contributed by atoms with Crippen LogP contribution >= 0.6 is 0 Å². The van der Waals surface area contributed by atoms with E-state index in [4.69, 9.17) is 4.42 Å². The van der Waals surface area contributed by atoms with Crippen LogP contribution in [0.25, 0.3) is 11.0 Å². The van der Waals surface area contributed by atoms with E-state index in [0.717, 1.165) is 43.5 Å². The van der Waals surface area contributed by atoms with Crippen LogP contribution in [-0.2, 0) is 11.3 Å². The number of nitrogens with one attached hydrogen (secondary N) is 1. The van der Waals surface area contributed by atoms with Crippen LogP contribution < -0.4 is 5.32 Å². The molecular formula is C19H23FN2O2. The molecule has 1 aliphatic heterocycles. The Morgan fingerprint density at radius 1 is 1.33 bits per heavy atom. The Morgan fingerprint density at radius 2 is 2.17 bits per heavy atom. The fourth-order valence-electron chi connectivity index (χ4n) is 3.63. The van der Waals surface area contributed by atoms with Crippen LogP contribution in [0.4, 0.5) is 4.39 Å². The number of benzene rings is 1. The third kappa shape index (κ3) is 3.18. The number of carbonyl (C=O) groups excluding carboxylic acids is 1. The Labute approximate surface area is 141 Å². The second-order valence-electron chi connectivity index (χ2n) is 7.21. The largest absolute Gasteiger partial charge is 0.460 e. The van der Waals surface area contributed by atoms with Gasteiger partial charge in [-0.25, -0.2) is 4.39 Å². The lowest BCUT2D eigenvalue weighted by atomic mass is 9.93. The maximum atomic E-state index is 13.2. The monoisotopic (exact) mass is 330 g/mol. The first kappa shape index (κ1) is 15.6. The van der Waals surface area contributed by atoms with Crippen molar-refractivity contribution in [3.8, 4) is 0 Å². The minimum absolute atomic E-state index is 0.246. The molecule has 4 nitrogen and oxygen atoms in total. The minimum Gasteiger partial charge on any atom is -0.460 e. The van der Waals surface area contributed by atoms with Gasteiger partial charge in [-0.2, -0.15) is 0 Å². The van der Waals surface area contributed by atoms with Gasteiger partial charge in [0.15, 0.2) is 0 Å². The summed E-state index contributed by atoms with van der Waals surface area (Å²) in [6.45, 7) is 4.49. The number of hydrogen-bond acceptors (Lipinski definition) is 3. The summed E-state index contributed by atoms with van der Waals surface area (Å²) in [5.74, 6) is 1.64. The molecule has 2 fully saturated rings. The van der Waals surface area contributed by atoms with Gasteiger partial charge in [-0.05, 0) is 49.4 Å². The van der Waals surface area contributed by atoms with Gasteiger partial charge in [0, 0.05) is 30.4 Å². The molecule has 24 heavy (non-hydrogen) atoms. The highest BCUT2D eigenvalue weighted by Gasteiger charge is 2.36. The van der Waals surface area contributed by atoms with Crippen LogP contribution in [0.2, 0.25) is 0 Å². The molecule has 2 aromatic rings. The summed E-state index contributed by atoms with van der Waals surface area (Å²) in [6.07, 6.45) is 3.10. The van der Waals surface area contributed by atoms with Crippen LogP contribution in [0.15, 0.2) is 28.7 Å². The number of furan rings is 1. The summed E-state index contributed by atoms with van der Waals surface area (Å²) in [5.41, 5.74) is 0.714. The SMILES string of the molecule is C[C@@H]1CN(C(=O)C2CC2)CC[C@@H]1NCc1cc2cc(F)ccc2o1. The van der Waals surface area contributed by atoms with E-state index in [0.29, 0.717) is 35.9 Å². The van der Waals surface area contributed by atoms with E-state index in [1.54, 1.807) is 6.07 Å². The molecule has 4 rings (SSSR count). The molecule has 0 spiro atoms. The van der Waals surface area contributed by atoms with E-state index in [1.165, 1.54) is 12.1 Å². The van der Waals surface area contributed by atoms with Crippen molar-refractivity contribution >= 4 is 16.9 Å². The summed E-state index contributed by atoms with van der Waals surface area (Å²) in [6, 6.07) is 6.84. The number of carbonyl (C=O) groups is 1. The van der Waals surface area contributed by atoms with Gasteiger partial charge in [0.2, 0.25) is 5.91 Å². The van der Waals surface area contributed by atoms with Crippen LogP contribution in [-0.4, -0.2) is 29.9 Å². The summed E-state index contributed by atoms with van der Waals surface area (Å²) >= 11 is 0. The number of hydrogen-bond donors (Lipinski definition) is 1. The second kappa shape index (κ2) is 6.20. The van der Waals surface area contributed by atoms with Crippen LogP contribution in [0, 0.1) is 17.7 Å². The highest BCUT2D eigenvalue weighted by atomic mass is 19.1. The lowest BCUT2D eigenvalue weighted by Gasteiger charge is -2.37. The highest BCUT2D eigenvalue weighted by molar-refractivity contribution is 5.81. The van der Waals surface area contributed by atoms with E-state index in [2.05, 4.69) is 12.2 Å². The minimum atomic E-state index is -0.246. The number of rotatable bonds is 4. The number of piperidine rings is 1. The van der Waals surface area contributed by atoms with Crippen molar-refractivity contribution in [2.24, 2.45) is 11.8 Å². The highest BCUT2D eigenvalue weighted by Crippen LogP contribution is 2.32. The topological polar surface area (TPSA) is 45.5 Å². The van der Waals surface area contributed by atoms with Crippen molar-refractivity contribution in [3.05, 3.63) is 35.8 Å². The predicted molar refractivity (Wildman–Crippen MR) is 89.9 cm³/mol. The molecule has 1 amide bonds. The summed E-state index contributed by atoms with van der Waals surface area (Å²) < 4.78 is 19.0. The first-order valence-electron chi connectivity index (χ1n) is 8.80. The maximum Gasteiger partial charge on any atom is 0.225 e. The normalized spacial score (nSPS) is 24.5. The molecule has 1 N–H and O–H groups in total. The average molecular weight is 330 g/mol. The van der Waals surface area contributed by atoms with Gasteiger partial charge in [0.1, 0.15) is 17.2 Å². The van der Waals surface area contributed by atoms with Gasteiger partial charge < -0.3 is 14.6 Å². The zero-order valence-corrected chi connectivity index (χ0v) is 13.9. The Bertz CT molecular complexity index is 753. The molecule has 1 saturated heterocycles. The Kier molecular flexibility index (Phi) is 4.04. The lowest BCUT2D eigenvalue weighted by molar-refractivity contribution is -0.134. The van der Waals surface area contributed by atoms with Gasteiger partial charge in [-0.1, -0.05) is 6.92 Å². The van der Waals surface area contributed by atoms with Gasteiger partial charge in [0.25, 0.3) is 0 Å². The maximum absolute atomic E-state index is 13.2. The van der Waals surface area contributed by atoms with E-state index < -0.39 is 0 Å². The third-order valence-electron chi connectivity index (χ3n) is 5.21. The van der Waals surface area contributed by atoms with E-state index in [9.17, 15) is 9.18 Å². The zero-order valence-electron chi connectivity index (χ0n) is 13.9. The molecule has 2 heterocycles. The Hall–Kier alpha value is -1.88. The van der Waals surface area contributed by atoms with Gasteiger partial charge in [0.05, 0.1) is 6.54 Å². The van der Waals surface area contributed by atoms with E-state index in [1.807, 2.05) is 11.0 Å². The third-order valence-corrected chi connectivity index (χ3v) is 5.21. The molecule has 1 aromatic heterocycles. The molecule has 1 aliphatic carbocycles. The van der Waals surface area contributed by atoms with Crippen molar-refractivity contribution in [2.45, 2.75) is 38.8 Å². The number of fused-ring (bicyclic) bond motifs is 1. The van der Waals surface area contributed by atoms with Crippen molar-refractivity contribution in [3.63, 3.8) is 0 Å². The van der Waals surface area contributed by atoms with Gasteiger partial charge in [-0.3, -0.25) is 4.79 Å². The molecule has 1 saturated carbocycles. The van der Waals surface area contributed by atoms with E-state index >= 15 is 0 Å². The number of likely N-dealkylation sites (tertiary alicyclic amines) is 1. The van der Waals surface area contributed by atoms with Crippen LogP contribution in [0.3, 0.4) is 0 Å². The van der Waals surface area contributed by atoms with E-state index in [-0.39, 0.29) is 5.82 Å². The number of nitrogens with zero attached hydrogens (tertiary/aromatic N) is 1. The van der Waals surface area contributed by atoms with Crippen molar-refractivity contribution < 1.29 is 13.6 Å². The average Bonchev–Trinajstić information content (AvgIpc) is 3.33. The molecule has 0 unspecified atom stereocenters.